The number of hydrogen-bond donors (Lipinski definition) is 3. The smallest absolute Gasteiger partial charge is 0.191 e. The highest BCUT2D eigenvalue weighted by atomic mass is 19.1. The molecule has 7 heteroatoms. The van der Waals surface area contributed by atoms with Crippen molar-refractivity contribution in [2.45, 2.75) is 39.2 Å². The molecule has 1 atom stereocenters. The summed E-state index contributed by atoms with van der Waals surface area (Å²) in [5.74, 6) is 0.904. The number of rotatable bonds is 9. The minimum Gasteiger partial charge on any atom is -0.489 e. The molecule has 6 nitrogen and oxygen atoms in total. The van der Waals surface area contributed by atoms with Crippen LogP contribution in [0.2, 0.25) is 0 Å². The normalized spacial score (nSPS) is 18.0. The summed E-state index contributed by atoms with van der Waals surface area (Å²) in [6.45, 7) is 7.31. The van der Waals surface area contributed by atoms with Gasteiger partial charge in [-0.25, -0.2) is 4.39 Å². The van der Waals surface area contributed by atoms with E-state index in [1.807, 2.05) is 13.8 Å². The highest BCUT2D eigenvalue weighted by Gasteiger charge is 2.31. The minimum atomic E-state index is -0.309. The molecule has 0 aromatic heterocycles. The van der Waals surface area contributed by atoms with E-state index < -0.39 is 0 Å². The summed E-state index contributed by atoms with van der Waals surface area (Å²) in [6, 6.07) is 6.17. The topological polar surface area (TPSA) is 75.1 Å². The van der Waals surface area contributed by atoms with Gasteiger partial charge >= 0.3 is 0 Å². The first-order valence-corrected chi connectivity index (χ1v) is 9.74. The molecule has 1 fully saturated rings. The zero-order valence-corrected chi connectivity index (χ0v) is 16.3. The van der Waals surface area contributed by atoms with Crippen LogP contribution in [-0.2, 0) is 4.74 Å². The number of hydrogen-bond acceptors (Lipinski definition) is 4. The van der Waals surface area contributed by atoms with Gasteiger partial charge in [0.2, 0.25) is 0 Å². The Balaban J connectivity index is 1.93. The molecule has 0 saturated carbocycles. The van der Waals surface area contributed by atoms with E-state index in [4.69, 9.17) is 9.47 Å². The molecule has 0 bridgehead atoms. The van der Waals surface area contributed by atoms with E-state index in [9.17, 15) is 9.50 Å². The second-order valence-corrected chi connectivity index (χ2v) is 6.95. The van der Waals surface area contributed by atoms with Gasteiger partial charge < -0.3 is 25.2 Å². The monoisotopic (exact) mass is 381 g/mol. The molecular formula is C20H32FN3O3. The van der Waals surface area contributed by atoms with Gasteiger partial charge in [0.05, 0.1) is 19.7 Å². The van der Waals surface area contributed by atoms with E-state index in [2.05, 4.69) is 15.6 Å². The lowest BCUT2D eigenvalue weighted by atomic mass is 9.81. The van der Waals surface area contributed by atoms with E-state index in [-0.39, 0.29) is 23.9 Å². The van der Waals surface area contributed by atoms with Gasteiger partial charge in [0.25, 0.3) is 0 Å². The molecule has 1 aromatic rings. The van der Waals surface area contributed by atoms with Crippen molar-refractivity contribution < 1.29 is 19.0 Å². The predicted octanol–water partition coefficient (Wildman–Crippen LogP) is 2.33. The number of aliphatic hydroxyl groups excluding tert-OH is 1. The number of halogens is 1. The number of benzene rings is 1. The van der Waals surface area contributed by atoms with Crippen molar-refractivity contribution in [2.24, 2.45) is 10.4 Å². The Morgan fingerprint density at radius 2 is 2.11 bits per heavy atom. The van der Waals surface area contributed by atoms with Crippen LogP contribution >= 0.6 is 0 Å². The maximum atomic E-state index is 13.3. The zero-order chi connectivity index (χ0) is 19.5. The van der Waals surface area contributed by atoms with Gasteiger partial charge in [0.15, 0.2) is 5.96 Å². The second-order valence-electron chi connectivity index (χ2n) is 6.95. The Morgan fingerprint density at radius 3 is 2.74 bits per heavy atom. The van der Waals surface area contributed by atoms with Crippen molar-refractivity contribution >= 4 is 5.96 Å². The minimum absolute atomic E-state index is 0.106. The molecule has 1 heterocycles. The molecule has 152 valence electrons. The quantitative estimate of drug-likeness (QED) is 0.452. The maximum absolute atomic E-state index is 13.3. The van der Waals surface area contributed by atoms with E-state index in [1.165, 1.54) is 12.1 Å². The van der Waals surface area contributed by atoms with E-state index in [0.29, 0.717) is 38.0 Å². The van der Waals surface area contributed by atoms with E-state index in [0.717, 1.165) is 25.8 Å². The molecule has 3 N–H and O–H groups in total. The average molecular weight is 381 g/mol. The van der Waals surface area contributed by atoms with Gasteiger partial charge in [0, 0.05) is 31.2 Å². The third-order valence-electron chi connectivity index (χ3n) is 4.86. The zero-order valence-electron chi connectivity index (χ0n) is 16.3. The summed E-state index contributed by atoms with van der Waals surface area (Å²) in [4.78, 5) is 4.67. The maximum Gasteiger partial charge on any atom is 0.191 e. The Bertz CT molecular complexity index is 592. The van der Waals surface area contributed by atoms with Crippen molar-refractivity contribution in [2.75, 3.05) is 39.5 Å². The Hall–Kier alpha value is -1.86. The third kappa shape index (κ3) is 6.99. The molecule has 27 heavy (non-hydrogen) atoms. The fourth-order valence-corrected chi connectivity index (χ4v) is 2.97. The molecular weight excluding hydrogens is 349 g/mol. The van der Waals surface area contributed by atoms with Crippen LogP contribution in [-0.4, -0.2) is 56.6 Å². The van der Waals surface area contributed by atoms with Crippen molar-refractivity contribution in [3.05, 3.63) is 30.1 Å². The molecule has 1 unspecified atom stereocenters. The summed E-state index contributed by atoms with van der Waals surface area (Å²) < 4.78 is 24.6. The lowest BCUT2D eigenvalue weighted by Crippen LogP contribution is -2.44. The molecule has 0 spiro atoms. The predicted molar refractivity (Wildman–Crippen MR) is 105 cm³/mol. The van der Waals surface area contributed by atoms with Gasteiger partial charge in [-0.1, -0.05) is 13.0 Å². The summed E-state index contributed by atoms with van der Waals surface area (Å²) >= 11 is 0. The Kier molecular flexibility index (Phi) is 8.81. The van der Waals surface area contributed by atoms with Gasteiger partial charge in [-0.05, 0) is 38.3 Å². The fourth-order valence-electron chi connectivity index (χ4n) is 2.97. The van der Waals surface area contributed by atoms with Crippen LogP contribution in [0.25, 0.3) is 0 Å². The number of aliphatic hydroxyl groups is 1. The van der Waals surface area contributed by atoms with Crippen LogP contribution in [0.4, 0.5) is 4.39 Å². The number of guanidine groups is 1. The van der Waals surface area contributed by atoms with Crippen LogP contribution in [0.3, 0.4) is 0 Å². The van der Waals surface area contributed by atoms with E-state index >= 15 is 0 Å². The second kappa shape index (κ2) is 11.1. The lowest BCUT2D eigenvalue weighted by Gasteiger charge is -2.34. The standard InChI is InChI=1S/C20H32FN3O3/c1-3-17(27-18-7-5-6-16(21)12-18)13-23-19(22-4-2)24-14-20(15-25)8-10-26-11-9-20/h5-7,12,17,25H,3-4,8-11,13-15H2,1-2H3,(H2,22,23,24). The van der Waals surface area contributed by atoms with E-state index in [1.54, 1.807) is 12.1 Å². The first kappa shape index (κ1) is 21.4. The first-order chi connectivity index (χ1) is 13.1. The number of aliphatic imine (C=N–C) groups is 1. The van der Waals surface area contributed by atoms with Gasteiger partial charge in [-0.2, -0.15) is 0 Å². The average Bonchev–Trinajstić information content (AvgIpc) is 2.69. The van der Waals surface area contributed by atoms with Crippen LogP contribution in [0.1, 0.15) is 33.1 Å². The molecule has 0 aliphatic carbocycles. The van der Waals surface area contributed by atoms with Crippen molar-refractivity contribution in [1.82, 2.24) is 10.6 Å². The SMILES string of the molecule is CCNC(=NCC1(CO)CCOCC1)NCC(CC)Oc1cccc(F)c1. The van der Waals surface area contributed by atoms with Crippen molar-refractivity contribution in [3.8, 4) is 5.75 Å². The molecule has 1 saturated heterocycles. The van der Waals surface area contributed by atoms with Crippen LogP contribution in [0.15, 0.2) is 29.3 Å². The molecule has 0 amide bonds. The Morgan fingerprint density at radius 1 is 1.33 bits per heavy atom. The van der Waals surface area contributed by atoms with Gasteiger partial charge in [-0.15, -0.1) is 0 Å². The summed E-state index contributed by atoms with van der Waals surface area (Å²) in [6.07, 6.45) is 2.30. The largest absolute Gasteiger partial charge is 0.489 e. The molecule has 1 aliphatic heterocycles. The number of ether oxygens (including phenoxy) is 2. The molecule has 1 aromatic carbocycles. The van der Waals surface area contributed by atoms with Gasteiger partial charge in [0.1, 0.15) is 17.7 Å². The first-order valence-electron chi connectivity index (χ1n) is 9.74. The van der Waals surface area contributed by atoms with Crippen molar-refractivity contribution in [1.29, 1.82) is 0 Å². The summed E-state index contributed by atoms with van der Waals surface area (Å²) in [5, 5.41) is 16.3. The number of nitrogens with zero attached hydrogens (tertiary/aromatic N) is 1. The van der Waals surface area contributed by atoms with Crippen LogP contribution in [0.5, 0.6) is 5.75 Å². The molecule has 0 radical (unpaired) electrons. The fraction of sp³-hybridized carbons (Fsp3) is 0.650. The molecule has 2 rings (SSSR count). The summed E-state index contributed by atoms with van der Waals surface area (Å²) in [5.41, 5.74) is -0.206. The van der Waals surface area contributed by atoms with Gasteiger partial charge in [-0.3, -0.25) is 4.99 Å². The Labute approximate surface area is 161 Å². The third-order valence-corrected chi connectivity index (χ3v) is 4.86. The highest BCUT2D eigenvalue weighted by molar-refractivity contribution is 5.79. The number of nitrogens with one attached hydrogen (secondary N) is 2. The summed E-state index contributed by atoms with van der Waals surface area (Å²) in [7, 11) is 0. The highest BCUT2D eigenvalue weighted by Crippen LogP contribution is 2.30. The lowest BCUT2D eigenvalue weighted by molar-refractivity contribution is -0.0106. The molecule has 1 aliphatic rings. The van der Waals surface area contributed by atoms with Crippen molar-refractivity contribution in [3.63, 3.8) is 0 Å². The van der Waals surface area contributed by atoms with Crippen LogP contribution in [0, 0.1) is 11.2 Å². The van der Waals surface area contributed by atoms with Crippen LogP contribution < -0.4 is 15.4 Å².